The topological polar surface area (TPSA) is 64.8 Å². The molecule has 1 aromatic heterocycles. The number of rotatable bonds is 5. The normalized spacial score (nSPS) is 12.0. The van der Waals surface area contributed by atoms with Crippen LogP contribution in [-0.4, -0.2) is 23.2 Å². The number of benzene rings is 1. The standard InChI is InChI=1S/C14H18ClN3O2S/c1-10(2)9-18-13(16-17-14(18)21(15,19)20)8-12-6-4-11(3)5-7-12/h4-7,10H,8-9H2,1-3H3. The molecule has 0 unspecified atom stereocenters. The molecule has 5 nitrogen and oxygen atoms in total. The van der Waals surface area contributed by atoms with Gasteiger partial charge in [-0.3, -0.25) is 0 Å². The van der Waals surface area contributed by atoms with Crippen molar-refractivity contribution in [3.63, 3.8) is 0 Å². The van der Waals surface area contributed by atoms with Gasteiger partial charge < -0.3 is 4.57 Å². The number of halogens is 1. The summed E-state index contributed by atoms with van der Waals surface area (Å²) in [4.78, 5) is 0. The molecule has 0 N–H and O–H groups in total. The van der Waals surface area contributed by atoms with E-state index in [1.54, 1.807) is 4.57 Å². The Kier molecular flexibility index (Phi) is 4.68. The van der Waals surface area contributed by atoms with Crippen LogP contribution >= 0.6 is 10.7 Å². The number of nitrogens with zero attached hydrogens (tertiary/aromatic N) is 3. The van der Waals surface area contributed by atoms with Crippen LogP contribution in [0, 0.1) is 12.8 Å². The second-order valence-corrected chi connectivity index (χ2v) is 7.96. The highest BCUT2D eigenvalue weighted by atomic mass is 35.7. The van der Waals surface area contributed by atoms with Crippen molar-refractivity contribution in [3.8, 4) is 0 Å². The van der Waals surface area contributed by atoms with Gasteiger partial charge in [-0.05, 0) is 18.4 Å². The van der Waals surface area contributed by atoms with Gasteiger partial charge in [0.2, 0.25) is 0 Å². The third kappa shape index (κ3) is 4.04. The quantitative estimate of drug-likeness (QED) is 0.792. The SMILES string of the molecule is Cc1ccc(Cc2nnc(S(=O)(=O)Cl)n2CC(C)C)cc1. The maximum Gasteiger partial charge on any atom is 0.296 e. The van der Waals surface area contributed by atoms with Crippen molar-refractivity contribution >= 4 is 19.7 Å². The first-order valence-electron chi connectivity index (χ1n) is 6.69. The minimum atomic E-state index is -3.90. The molecule has 1 heterocycles. The molecule has 0 radical (unpaired) electrons. The molecule has 0 aliphatic heterocycles. The zero-order valence-corrected chi connectivity index (χ0v) is 13.8. The number of hydrogen-bond acceptors (Lipinski definition) is 4. The predicted molar refractivity (Wildman–Crippen MR) is 81.9 cm³/mol. The van der Waals surface area contributed by atoms with Crippen LogP contribution in [0.2, 0.25) is 0 Å². The molecule has 0 bridgehead atoms. The smallest absolute Gasteiger partial charge is 0.296 e. The van der Waals surface area contributed by atoms with Crippen LogP contribution in [0.25, 0.3) is 0 Å². The van der Waals surface area contributed by atoms with Crippen LogP contribution < -0.4 is 0 Å². The van der Waals surface area contributed by atoms with Crippen LogP contribution in [-0.2, 0) is 22.0 Å². The third-order valence-electron chi connectivity index (χ3n) is 3.04. The van der Waals surface area contributed by atoms with Crippen molar-refractivity contribution in [2.75, 3.05) is 0 Å². The molecule has 0 spiro atoms. The van der Waals surface area contributed by atoms with E-state index < -0.39 is 9.05 Å². The monoisotopic (exact) mass is 327 g/mol. The van der Waals surface area contributed by atoms with Gasteiger partial charge in [-0.15, -0.1) is 10.2 Å². The lowest BCUT2D eigenvalue weighted by Crippen LogP contribution is -2.13. The Morgan fingerprint density at radius 3 is 2.33 bits per heavy atom. The Morgan fingerprint density at radius 2 is 1.81 bits per heavy atom. The summed E-state index contributed by atoms with van der Waals surface area (Å²) in [5, 5.41) is 7.57. The molecule has 21 heavy (non-hydrogen) atoms. The summed E-state index contributed by atoms with van der Waals surface area (Å²) in [7, 11) is 1.54. The molecule has 0 fully saturated rings. The molecule has 1 aromatic carbocycles. The zero-order chi connectivity index (χ0) is 15.6. The van der Waals surface area contributed by atoms with Gasteiger partial charge in [0.25, 0.3) is 14.2 Å². The van der Waals surface area contributed by atoms with E-state index in [2.05, 4.69) is 10.2 Å². The average molecular weight is 328 g/mol. The fourth-order valence-electron chi connectivity index (χ4n) is 2.07. The van der Waals surface area contributed by atoms with Crippen LogP contribution in [0.5, 0.6) is 0 Å². The minimum absolute atomic E-state index is 0.181. The number of aromatic nitrogens is 3. The Hall–Kier alpha value is -1.40. The third-order valence-corrected chi connectivity index (χ3v) is 4.19. The summed E-state index contributed by atoms with van der Waals surface area (Å²) in [5.74, 6) is 0.863. The molecule has 0 saturated heterocycles. The zero-order valence-electron chi connectivity index (χ0n) is 12.2. The summed E-state index contributed by atoms with van der Waals surface area (Å²) >= 11 is 0. The molecule has 0 amide bonds. The van der Waals surface area contributed by atoms with Gasteiger partial charge in [0.15, 0.2) is 0 Å². The van der Waals surface area contributed by atoms with Crippen LogP contribution in [0.15, 0.2) is 29.4 Å². The van der Waals surface area contributed by atoms with Gasteiger partial charge in [0.1, 0.15) is 5.82 Å². The van der Waals surface area contributed by atoms with Gasteiger partial charge >= 0.3 is 0 Å². The fraction of sp³-hybridized carbons (Fsp3) is 0.429. The van der Waals surface area contributed by atoms with Crippen molar-refractivity contribution in [2.45, 2.75) is 38.9 Å². The van der Waals surface area contributed by atoms with Crippen molar-refractivity contribution in [1.82, 2.24) is 14.8 Å². The van der Waals surface area contributed by atoms with E-state index in [9.17, 15) is 8.42 Å². The van der Waals surface area contributed by atoms with Gasteiger partial charge in [0.05, 0.1) is 0 Å². The van der Waals surface area contributed by atoms with E-state index in [1.165, 1.54) is 5.56 Å². The van der Waals surface area contributed by atoms with Gasteiger partial charge in [-0.25, -0.2) is 8.42 Å². The predicted octanol–water partition coefficient (Wildman–Crippen LogP) is 2.76. The van der Waals surface area contributed by atoms with E-state index in [-0.39, 0.29) is 11.1 Å². The summed E-state index contributed by atoms with van der Waals surface area (Å²) in [6, 6.07) is 8.02. The summed E-state index contributed by atoms with van der Waals surface area (Å²) in [6.07, 6.45) is 0.520. The molecule has 114 valence electrons. The highest BCUT2D eigenvalue weighted by Crippen LogP contribution is 2.18. The highest BCUT2D eigenvalue weighted by Gasteiger charge is 2.23. The molecule has 0 aliphatic rings. The lowest BCUT2D eigenvalue weighted by Gasteiger charge is -2.11. The van der Waals surface area contributed by atoms with Crippen LogP contribution in [0.1, 0.15) is 30.8 Å². The van der Waals surface area contributed by atoms with Crippen molar-refractivity contribution < 1.29 is 8.42 Å². The Bertz CT molecular complexity index is 721. The maximum atomic E-state index is 11.6. The summed E-state index contributed by atoms with van der Waals surface area (Å²) in [5.41, 5.74) is 2.22. The fourth-order valence-corrected chi connectivity index (χ4v) is 2.99. The van der Waals surface area contributed by atoms with Crippen molar-refractivity contribution in [1.29, 1.82) is 0 Å². The van der Waals surface area contributed by atoms with E-state index in [0.717, 1.165) is 5.56 Å². The van der Waals surface area contributed by atoms with E-state index in [1.807, 2.05) is 45.0 Å². The molecular weight excluding hydrogens is 310 g/mol. The second kappa shape index (κ2) is 6.15. The molecule has 0 atom stereocenters. The van der Waals surface area contributed by atoms with E-state index in [4.69, 9.17) is 10.7 Å². The first-order chi connectivity index (χ1) is 9.77. The van der Waals surface area contributed by atoms with Crippen molar-refractivity contribution in [2.24, 2.45) is 5.92 Å². The Balaban J connectivity index is 2.39. The second-order valence-electron chi connectivity index (χ2n) is 5.50. The largest absolute Gasteiger partial charge is 0.300 e. The minimum Gasteiger partial charge on any atom is -0.300 e. The summed E-state index contributed by atoms with van der Waals surface area (Å²) < 4.78 is 24.8. The first kappa shape index (κ1) is 16.0. The van der Waals surface area contributed by atoms with Gasteiger partial charge in [-0.1, -0.05) is 43.7 Å². The first-order valence-corrected chi connectivity index (χ1v) is 9.00. The number of aryl methyl sites for hydroxylation is 1. The molecule has 0 aliphatic carbocycles. The molecule has 7 heteroatoms. The highest BCUT2D eigenvalue weighted by molar-refractivity contribution is 8.13. The Morgan fingerprint density at radius 1 is 1.19 bits per heavy atom. The maximum absolute atomic E-state index is 11.6. The molecular formula is C14H18ClN3O2S. The van der Waals surface area contributed by atoms with Gasteiger partial charge in [0, 0.05) is 23.6 Å². The lowest BCUT2D eigenvalue weighted by molar-refractivity contribution is 0.474. The van der Waals surface area contributed by atoms with Gasteiger partial charge in [-0.2, -0.15) is 0 Å². The van der Waals surface area contributed by atoms with Crippen LogP contribution in [0.3, 0.4) is 0 Å². The summed E-state index contributed by atoms with van der Waals surface area (Å²) in [6.45, 7) is 6.53. The van der Waals surface area contributed by atoms with Crippen LogP contribution in [0.4, 0.5) is 0 Å². The molecule has 2 aromatic rings. The average Bonchev–Trinajstić information content (AvgIpc) is 2.74. The number of hydrogen-bond donors (Lipinski definition) is 0. The van der Waals surface area contributed by atoms with E-state index in [0.29, 0.717) is 18.8 Å². The van der Waals surface area contributed by atoms with E-state index >= 15 is 0 Å². The molecule has 2 rings (SSSR count). The van der Waals surface area contributed by atoms with Crippen molar-refractivity contribution in [3.05, 3.63) is 41.2 Å². The lowest BCUT2D eigenvalue weighted by atomic mass is 10.1. The molecule has 0 saturated carbocycles. The Labute approximate surface area is 129 Å².